The summed E-state index contributed by atoms with van der Waals surface area (Å²) in [4.78, 5) is 13.9. The zero-order valence-corrected chi connectivity index (χ0v) is 11.5. The average Bonchev–Trinajstić information content (AvgIpc) is 2.28. The van der Waals surface area contributed by atoms with Gasteiger partial charge in [-0.15, -0.1) is 0 Å². The first-order valence-corrected chi connectivity index (χ1v) is 6.74. The molecule has 1 aliphatic rings. The molecule has 1 saturated heterocycles. The molecule has 0 aliphatic carbocycles. The van der Waals surface area contributed by atoms with Gasteiger partial charge in [-0.25, -0.2) is 4.79 Å². The first kappa shape index (κ1) is 14.3. The molecule has 1 fully saturated rings. The summed E-state index contributed by atoms with van der Waals surface area (Å²) in [5.74, 6) is 0.679. The fourth-order valence-electron chi connectivity index (χ4n) is 2.40. The van der Waals surface area contributed by atoms with Crippen molar-refractivity contribution >= 4 is 6.09 Å². The summed E-state index contributed by atoms with van der Waals surface area (Å²) in [5.41, 5.74) is 0. The number of amides is 1. The van der Waals surface area contributed by atoms with Crippen LogP contribution in [0.2, 0.25) is 0 Å². The van der Waals surface area contributed by atoms with Gasteiger partial charge in [0, 0.05) is 25.2 Å². The molecule has 0 aromatic carbocycles. The molecule has 1 rings (SSSR count). The van der Waals surface area contributed by atoms with E-state index in [1.54, 1.807) is 0 Å². The largest absolute Gasteiger partial charge is 0.450 e. The summed E-state index contributed by atoms with van der Waals surface area (Å²) in [6, 6.07) is 0.769. The number of ether oxygens (including phenoxy) is 1. The van der Waals surface area contributed by atoms with Crippen molar-refractivity contribution in [1.82, 2.24) is 10.2 Å². The van der Waals surface area contributed by atoms with Crippen molar-refractivity contribution in [2.45, 2.75) is 52.6 Å². The van der Waals surface area contributed by atoms with E-state index in [9.17, 15) is 4.79 Å². The van der Waals surface area contributed by atoms with Crippen molar-refractivity contribution in [2.75, 3.05) is 19.7 Å². The maximum absolute atomic E-state index is 11.4. The van der Waals surface area contributed by atoms with Gasteiger partial charge < -0.3 is 10.1 Å². The Morgan fingerprint density at radius 2 is 2.12 bits per heavy atom. The molecule has 4 nitrogen and oxygen atoms in total. The molecule has 1 N–H and O–H groups in total. The zero-order chi connectivity index (χ0) is 12.8. The number of piperidine rings is 1. The van der Waals surface area contributed by atoms with E-state index in [0.717, 1.165) is 19.5 Å². The van der Waals surface area contributed by atoms with Crippen molar-refractivity contribution in [1.29, 1.82) is 0 Å². The standard InChI is InChI=1S/C13H26N2O2/c1-5-11-7-12(14-13(16)17-6-2)9-15(8-11)10(3)4/h10-12H,5-9H2,1-4H3,(H,14,16). The molecule has 0 spiro atoms. The van der Waals surface area contributed by atoms with Crippen LogP contribution in [-0.2, 0) is 4.74 Å². The Hall–Kier alpha value is -0.770. The number of hydrogen-bond donors (Lipinski definition) is 1. The van der Waals surface area contributed by atoms with Crippen LogP contribution in [0.1, 0.15) is 40.5 Å². The molecule has 1 heterocycles. The molecule has 0 aromatic heterocycles. The zero-order valence-electron chi connectivity index (χ0n) is 11.5. The van der Waals surface area contributed by atoms with E-state index in [1.807, 2.05) is 6.92 Å². The molecule has 0 radical (unpaired) electrons. The van der Waals surface area contributed by atoms with Crippen molar-refractivity contribution < 1.29 is 9.53 Å². The van der Waals surface area contributed by atoms with E-state index in [-0.39, 0.29) is 12.1 Å². The summed E-state index contributed by atoms with van der Waals surface area (Å²) >= 11 is 0. The highest BCUT2D eigenvalue weighted by atomic mass is 16.5. The molecule has 2 atom stereocenters. The highest BCUT2D eigenvalue weighted by Gasteiger charge is 2.28. The van der Waals surface area contributed by atoms with E-state index in [4.69, 9.17) is 4.74 Å². The van der Waals surface area contributed by atoms with Crippen LogP contribution in [-0.4, -0.2) is 42.8 Å². The van der Waals surface area contributed by atoms with Crippen LogP contribution in [0.3, 0.4) is 0 Å². The predicted octanol–water partition coefficient (Wildman–Crippen LogP) is 2.24. The Balaban J connectivity index is 2.50. The minimum absolute atomic E-state index is 0.232. The lowest BCUT2D eigenvalue weighted by Gasteiger charge is -2.39. The van der Waals surface area contributed by atoms with E-state index < -0.39 is 0 Å². The van der Waals surface area contributed by atoms with Gasteiger partial charge in [-0.3, -0.25) is 4.90 Å². The number of carbonyl (C=O) groups excluding carboxylic acids is 1. The molecule has 0 saturated carbocycles. The number of likely N-dealkylation sites (tertiary alicyclic amines) is 1. The lowest BCUT2D eigenvalue weighted by Crippen LogP contribution is -2.52. The average molecular weight is 242 g/mol. The summed E-state index contributed by atoms with van der Waals surface area (Å²) in [7, 11) is 0. The van der Waals surface area contributed by atoms with E-state index in [2.05, 4.69) is 31.0 Å². The highest BCUT2D eigenvalue weighted by molar-refractivity contribution is 5.67. The normalized spacial score (nSPS) is 25.9. The number of nitrogens with one attached hydrogen (secondary N) is 1. The summed E-state index contributed by atoms with van der Waals surface area (Å²) < 4.78 is 4.94. The molecule has 0 aromatic rings. The third-order valence-corrected chi connectivity index (χ3v) is 3.47. The fraction of sp³-hybridized carbons (Fsp3) is 0.923. The van der Waals surface area contributed by atoms with E-state index in [1.165, 1.54) is 6.42 Å². The third-order valence-electron chi connectivity index (χ3n) is 3.47. The topological polar surface area (TPSA) is 41.6 Å². The maximum Gasteiger partial charge on any atom is 0.407 e. The van der Waals surface area contributed by atoms with Crippen LogP contribution >= 0.6 is 0 Å². The van der Waals surface area contributed by atoms with Crippen LogP contribution in [0.4, 0.5) is 4.79 Å². The number of carbonyl (C=O) groups is 1. The van der Waals surface area contributed by atoms with Gasteiger partial charge in [0.25, 0.3) is 0 Å². The van der Waals surface area contributed by atoms with Crippen LogP contribution in [0.25, 0.3) is 0 Å². The maximum atomic E-state index is 11.4. The van der Waals surface area contributed by atoms with Crippen LogP contribution in [0.5, 0.6) is 0 Å². The van der Waals surface area contributed by atoms with Gasteiger partial charge >= 0.3 is 6.09 Å². The van der Waals surface area contributed by atoms with Gasteiger partial charge in [0.05, 0.1) is 6.61 Å². The number of rotatable bonds is 4. The monoisotopic (exact) mass is 242 g/mol. The summed E-state index contributed by atoms with van der Waals surface area (Å²) in [6.07, 6.45) is 1.96. The number of nitrogens with zero attached hydrogens (tertiary/aromatic N) is 1. The molecular formula is C13H26N2O2. The molecule has 4 heteroatoms. The Kier molecular flexibility index (Phi) is 5.75. The van der Waals surface area contributed by atoms with Crippen LogP contribution < -0.4 is 5.32 Å². The Morgan fingerprint density at radius 1 is 1.41 bits per heavy atom. The lowest BCUT2D eigenvalue weighted by molar-refractivity contribution is 0.0980. The van der Waals surface area contributed by atoms with Gasteiger partial charge in [-0.1, -0.05) is 13.3 Å². The Labute approximate surface area is 105 Å². The highest BCUT2D eigenvalue weighted by Crippen LogP contribution is 2.21. The molecule has 100 valence electrons. The van der Waals surface area contributed by atoms with E-state index in [0.29, 0.717) is 18.6 Å². The quantitative estimate of drug-likeness (QED) is 0.822. The van der Waals surface area contributed by atoms with Gasteiger partial charge in [0.1, 0.15) is 0 Å². The van der Waals surface area contributed by atoms with Crippen molar-refractivity contribution in [2.24, 2.45) is 5.92 Å². The second-order valence-corrected chi connectivity index (χ2v) is 5.12. The second-order valence-electron chi connectivity index (χ2n) is 5.12. The Bertz CT molecular complexity index is 244. The summed E-state index contributed by atoms with van der Waals surface area (Å²) in [6.45, 7) is 11.0. The van der Waals surface area contributed by atoms with Crippen LogP contribution in [0, 0.1) is 5.92 Å². The molecule has 0 bridgehead atoms. The van der Waals surface area contributed by atoms with Crippen LogP contribution in [0.15, 0.2) is 0 Å². The minimum Gasteiger partial charge on any atom is -0.450 e. The second kappa shape index (κ2) is 6.84. The predicted molar refractivity (Wildman–Crippen MR) is 69.1 cm³/mol. The molecule has 2 unspecified atom stereocenters. The molecular weight excluding hydrogens is 216 g/mol. The number of alkyl carbamates (subject to hydrolysis) is 1. The SMILES string of the molecule is CCOC(=O)NC1CC(CC)CN(C(C)C)C1. The minimum atomic E-state index is -0.280. The molecule has 1 aliphatic heterocycles. The first-order valence-electron chi connectivity index (χ1n) is 6.74. The lowest BCUT2D eigenvalue weighted by atomic mass is 9.91. The number of hydrogen-bond acceptors (Lipinski definition) is 3. The fourth-order valence-corrected chi connectivity index (χ4v) is 2.40. The van der Waals surface area contributed by atoms with Gasteiger partial charge in [0.2, 0.25) is 0 Å². The molecule has 1 amide bonds. The third kappa shape index (κ3) is 4.54. The van der Waals surface area contributed by atoms with Gasteiger partial charge in [0.15, 0.2) is 0 Å². The van der Waals surface area contributed by atoms with E-state index >= 15 is 0 Å². The smallest absolute Gasteiger partial charge is 0.407 e. The van der Waals surface area contributed by atoms with Crippen molar-refractivity contribution in [3.05, 3.63) is 0 Å². The van der Waals surface area contributed by atoms with Crippen molar-refractivity contribution in [3.8, 4) is 0 Å². The van der Waals surface area contributed by atoms with Crippen molar-refractivity contribution in [3.63, 3.8) is 0 Å². The van der Waals surface area contributed by atoms with Gasteiger partial charge in [-0.2, -0.15) is 0 Å². The molecule has 17 heavy (non-hydrogen) atoms. The first-order chi connectivity index (χ1) is 8.06. The van der Waals surface area contributed by atoms with Gasteiger partial charge in [-0.05, 0) is 33.1 Å². The Morgan fingerprint density at radius 3 is 2.65 bits per heavy atom. The summed E-state index contributed by atoms with van der Waals surface area (Å²) in [5, 5.41) is 2.97.